The Morgan fingerprint density at radius 2 is 2.40 bits per heavy atom. The summed E-state index contributed by atoms with van der Waals surface area (Å²) in [5.74, 6) is 0.799. The Kier molecular flexibility index (Phi) is 3.16. The SMILES string of the molecule is CNCCC1CCOC1C. The van der Waals surface area contributed by atoms with Gasteiger partial charge < -0.3 is 10.1 Å². The van der Waals surface area contributed by atoms with E-state index in [9.17, 15) is 0 Å². The molecule has 1 fully saturated rings. The summed E-state index contributed by atoms with van der Waals surface area (Å²) in [4.78, 5) is 0. The molecule has 2 unspecified atom stereocenters. The van der Waals surface area contributed by atoms with Crippen LogP contribution in [0.5, 0.6) is 0 Å². The van der Waals surface area contributed by atoms with E-state index in [1.807, 2.05) is 7.05 Å². The molecule has 0 aromatic rings. The van der Waals surface area contributed by atoms with Gasteiger partial charge in [-0.05, 0) is 39.3 Å². The number of nitrogens with one attached hydrogen (secondary N) is 1. The third kappa shape index (κ3) is 1.96. The minimum absolute atomic E-state index is 0.494. The van der Waals surface area contributed by atoms with Gasteiger partial charge in [0.2, 0.25) is 0 Å². The van der Waals surface area contributed by atoms with E-state index in [-0.39, 0.29) is 0 Å². The molecular weight excluding hydrogens is 126 g/mol. The van der Waals surface area contributed by atoms with Gasteiger partial charge in [-0.1, -0.05) is 0 Å². The van der Waals surface area contributed by atoms with Gasteiger partial charge in [0.05, 0.1) is 6.10 Å². The highest BCUT2D eigenvalue weighted by Gasteiger charge is 2.22. The molecule has 0 amide bonds. The van der Waals surface area contributed by atoms with Crippen molar-refractivity contribution in [1.82, 2.24) is 5.32 Å². The van der Waals surface area contributed by atoms with Crippen LogP contribution >= 0.6 is 0 Å². The quantitative estimate of drug-likeness (QED) is 0.637. The monoisotopic (exact) mass is 143 g/mol. The predicted molar refractivity (Wildman–Crippen MR) is 42.1 cm³/mol. The Balaban J connectivity index is 2.14. The zero-order valence-corrected chi connectivity index (χ0v) is 6.89. The molecule has 0 radical (unpaired) electrons. The van der Waals surface area contributed by atoms with Crippen molar-refractivity contribution in [1.29, 1.82) is 0 Å². The average Bonchev–Trinajstić information content (AvgIpc) is 2.31. The van der Waals surface area contributed by atoms with E-state index in [0.29, 0.717) is 6.10 Å². The maximum atomic E-state index is 5.43. The normalized spacial score (nSPS) is 33.0. The molecule has 0 aromatic heterocycles. The molecule has 60 valence electrons. The van der Waals surface area contributed by atoms with Crippen LogP contribution in [0.15, 0.2) is 0 Å². The van der Waals surface area contributed by atoms with Crippen molar-refractivity contribution in [3.05, 3.63) is 0 Å². The molecule has 0 aliphatic carbocycles. The zero-order chi connectivity index (χ0) is 7.40. The smallest absolute Gasteiger partial charge is 0.0576 e. The van der Waals surface area contributed by atoms with Gasteiger partial charge in [-0.2, -0.15) is 0 Å². The number of hydrogen-bond donors (Lipinski definition) is 1. The molecular formula is C8H17NO. The van der Waals surface area contributed by atoms with E-state index >= 15 is 0 Å². The molecule has 1 aliphatic heterocycles. The fraction of sp³-hybridized carbons (Fsp3) is 1.00. The highest BCUT2D eigenvalue weighted by Crippen LogP contribution is 2.22. The van der Waals surface area contributed by atoms with Crippen molar-refractivity contribution in [2.24, 2.45) is 5.92 Å². The van der Waals surface area contributed by atoms with Crippen LogP contribution in [0, 0.1) is 5.92 Å². The maximum Gasteiger partial charge on any atom is 0.0576 e. The third-order valence-corrected chi connectivity index (χ3v) is 2.30. The van der Waals surface area contributed by atoms with Crippen LogP contribution in [-0.4, -0.2) is 26.3 Å². The molecule has 2 nitrogen and oxygen atoms in total. The Labute approximate surface area is 63.0 Å². The standard InChI is InChI=1S/C8H17NO/c1-7-8(3-5-9-2)4-6-10-7/h7-9H,3-6H2,1-2H3. The van der Waals surface area contributed by atoms with Crippen LogP contribution in [0.3, 0.4) is 0 Å². The van der Waals surface area contributed by atoms with E-state index in [0.717, 1.165) is 19.1 Å². The predicted octanol–water partition coefficient (Wildman–Crippen LogP) is 1.02. The van der Waals surface area contributed by atoms with Crippen LogP contribution in [0.2, 0.25) is 0 Å². The third-order valence-electron chi connectivity index (χ3n) is 2.30. The first-order valence-electron chi connectivity index (χ1n) is 4.11. The van der Waals surface area contributed by atoms with E-state index < -0.39 is 0 Å². The first-order chi connectivity index (χ1) is 4.84. The summed E-state index contributed by atoms with van der Waals surface area (Å²) < 4.78 is 5.43. The summed E-state index contributed by atoms with van der Waals surface area (Å²) in [6, 6.07) is 0. The fourth-order valence-corrected chi connectivity index (χ4v) is 1.48. The number of rotatable bonds is 3. The Morgan fingerprint density at radius 1 is 1.60 bits per heavy atom. The van der Waals surface area contributed by atoms with Crippen LogP contribution in [-0.2, 0) is 4.74 Å². The molecule has 2 heteroatoms. The highest BCUT2D eigenvalue weighted by molar-refractivity contribution is 4.72. The summed E-state index contributed by atoms with van der Waals surface area (Å²) >= 11 is 0. The first-order valence-corrected chi connectivity index (χ1v) is 4.11. The summed E-state index contributed by atoms with van der Waals surface area (Å²) in [5, 5.41) is 3.16. The van der Waals surface area contributed by atoms with Gasteiger partial charge in [-0.25, -0.2) is 0 Å². The fourth-order valence-electron chi connectivity index (χ4n) is 1.48. The zero-order valence-electron chi connectivity index (χ0n) is 6.89. The second-order valence-corrected chi connectivity index (χ2v) is 3.02. The topological polar surface area (TPSA) is 21.3 Å². The van der Waals surface area contributed by atoms with E-state index in [1.54, 1.807) is 0 Å². The van der Waals surface area contributed by atoms with Gasteiger partial charge in [0.25, 0.3) is 0 Å². The molecule has 1 N–H and O–H groups in total. The lowest BCUT2D eigenvalue weighted by molar-refractivity contribution is 0.104. The van der Waals surface area contributed by atoms with Crippen molar-refractivity contribution in [3.63, 3.8) is 0 Å². The van der Waals surface area contributed by atoms with E-state index in [1.165, 1.54) is 12.8 Å². The lowest BCUT2D eigenvalue weighted by Crippen LogP contribution is -2.17. The van der Waals surface area contributed by atoms with Crippen LogP contribution in [0.25, 0.3) is 0 Å². The largest absolute Gasteiger partial charge is 0.378 e. The maximum absolute atomic E-state index is 5.43. The molecule has 0 aromatic carbocycles. The molecule has 1 saturated heterocycles. The molecule has 10 heavy (non-hydrogen) atoms. The Morgan fingerprint density at radius 3 is 2.90 bits per heavy atom. The van der Waals surface area contributed by atoms with Gasteiger partial charge in [0.1, 0.15) is 0 Å². The summed E-state index contributed by atoms with van der Waals surface area (Å²) in [6.45, 7) is 4.27. The van der Waals surface area contributed by atoms with E-state index in [2.05, 4.69) is 12.2 Å². The van der Waals surface area contributed by atoms with Crippen molar-refractivity contribution in [2.75, 3.05) is 20.2 Å². The van der Waals surface area contributed by atoms with Crippen molar-refractivity contribution >= 4 is 0 Å². The number of ether oxygens (including phenoxy) is 1. The molecule has 1 rings (SSSR count). The van der Waals surface area contributed by atoms with Gasteiger partial charge in [-0.15, -0.1) is 0 Å². The summed E-state index contributed by atoms with van der Waals surface area (Å²) in [7, 11) is 2.00. The molecule has 2 atom stereocenters. The Bertz CT molecular complexity index is 95.3. The van der Waals surface area contributed by atoms with Crippen LogP contribution in [0.4, 0.5) is 0 Å². The minimum Gasteiger partial charge on any atom is -0.378 e. The van der Waals surface area contributed by atoms with Gasteiger partial charge in [0.15, 0.2) is 0 Å². The lowest BCUT2D eigenvalue weighted by Gasteiger charge is -2.12. The highest BCUT2D eigenvalue weighted by atomic mass is 16.5. The van der Waals surface area contributed by atoms with Gasteiger partial charge in [0, 0.05) is 6.61 Å². The van der Waals surface area contributed by atoms with E-state index in [4.69, 9.17) is 4.74 Å². The molecule has 0 saturated carbocycles. The van der Waals surface area contributed by atoms with Crippen molar-refractivity contribution < 1.29 is 4.74 Å². The first kappa shape index (κ1) is 8.02. The second-order valence-electron chi connectivity index (χ2n) is 3.02. The summed E-state index contributed by atoms with van der Waals surface area (Å²) in [5.41, 5.74) is 0. The summed E-state index contributed by atoms with van der Waals surface area (Å²) in [6.07, 6.45) is 3.01. The van der Waals surface area contributed by atoms with Crippen molar-refractivity contribution in [2.45, 2.75) is 25.9 Å². The van der Waals surface area contributed by atoms with Gasteiger partial charge in [-0.3, -0.25) is 0 Å². The minimum atomic E-state index is 0.494. The van der Waals surface area contributed by atoms with Crippen LogP contribution < -0.4 is 5.32 Å². The number of hydrogen-bond acceptors (Lipinski definition) is 2. The molecule has 0 bridgehead atoms. The molecule has 1 aliphatic rings. The molecule has 1 heterocycles. The molecule has 0 spiro atoms. The Hall–Kier alpha value is -0.0800. The average molecular weight is 143 g/mol. The van der Waals surface area contributed by atoms with Crippen molar-refractivity contribution in [3.8, 4) is 0 Å². The second kappa shape index (κ2) is 3.94. The van der Waals surface area contributed by atoms with Gasteiger partial charge >= 0.3 is 0 Å². The van der Waals surface area contributed by atoms with Crippen LogP contribution in [0.1, 0.15) is 19.8 Å². The lowest BCUT2D eigenvalue weighted by atomic mass is 9.99.